The molecule has 168 valence electrons. The quantitative estimate of drug-likeness (QED) is 0.720. The lowest BCUT2D eigenvalue weighted by Gasteiger charge is -2.32. The number of nitrogens with zero attached hydrogens (tertiary/aromatic N) is 2. The Labute approximate surface area is 181 Å². The second-order valence-electron chi connectivity index (χ2n) is 8.88. The lowest BCUT2D eigenvalue weighted by atomic mass is 9.82. The summed E-state index contributed by atoms with van der Waals surface area (Å²) in [6, 6.07) is 3.37. The van der Waals surface area contributed by atoms with Crippen molar-refractivity contribution < 1.29 is 22.7 Å². The van der Waals surface area contributed by atoms with Crippen LogP contribution in [-0.4, -0.2) is 73.6 Å². The summed E-state index contributed by atoms with van der Waals surface area (Å²) in [4.78, 5) is 14.8. The predicted octanol–water partition coefficient (Wildman–Crippen LogP) is 1.52. The summed E-state index contributed by atoms with van der Waals surface area (Å²) in [5.41, 5.74) is 2.00. The summed E-state index contributed by atoms with van der Waals surface area (Å²) < 4.78 is 38.6. The number of rotatable bonds is 2. The molecular weight excluding hydrogens is 420 g/mol. The highest BCUT2D eigenvalue weighted by Crippen LogP contribution is 2.40. The maximum atomic E-state index is 13.1. The van der Waals surface area contributed by atoms with Crippen molar-refractivity contribution >= 4 is 26.8 Å². The molecule has 0 spiro atoms. The second kappa shape index (κ2) is 8.07. The molecule has 1 aromatic carbocycles. The zero-order valence-electron chi connectivity index (χ0n) is 17.5. The van der Waals surface area contributed by atoms with Gasteiger partial charge in [-0.1, -0.05) is 0 Å². The Morgan fingerprint density at radius 3 is 2.77 bits per heavy atom. The lowest BCUT2D eigenvalue weighted by Crippen LogP contribution is -2.50. The molecular formula is C21H28N4O5S. The molecule has 2 bridgehead atoms. The van der Waals surface area contributed by atoms with Gasteiger partial charge in [-0.25, -0.2) is 13.1 Å². The number of sulfonamides is 1. The molecule has 1 saturated carbocycles. The summed E-state index contributed by atoms with van der Waals surface area (Å²) in [6.45, 7) is 0.712. The summed E-state index contributed by atoms with van der Waals surface area (Å²) in [6.07, 6.45) is 7.46. The molecule has 0 radical (unpaired) electrons. The minimum atomic E-state index is -3.38. The van der Waals surface area contributed by atoms with Crippen LogP contribution in [0.5, 0.6) is 5.75 Å². The largest absolute Gasteiger partial charge is 0.483 e. The molecule has 2 atom stereocenters. The van der Waals surface area contributed by atoms with E-state index in [1.54, 1.807) is 11.1 Å². The maximum Gasteiger partial charge on any atom is 0.260 e. The molecule has 4 aliphatic rings. The van der Waals surface area contributed by atoms with Crippen LogP contribution in [-0.2, 0) is 19.6 Å². The fourth-order valence-electron chi connectivity index (χ4n) is 5.21. The molecule has 2 N–H and O–H groups in total. The number of hydrogen-bond acceptors (Lipinski definition) is 6. The van der Waals surface area contributed by atoms with Gasteiger partial charge in [0.15, 0.2) is 6.61 Å². The zero-order valence-corrected chi connectivity index (χ0v) is 18.4. The number of ether oxygens (including phenoxy) is 2. The van der Waals surface area contributed by atoms with E-state index in [0.717, 1.165) is 54.2 Å². The van der Waals surface area contributed by atoms with Crippen LogP contribution in [0.15, 0.2) is 18.3 Å². The standard InChI is InChI=1S/C21H28N4O5S/c1-31(27,28)24-17-6-7-25-19(17)11-29-15-4-2-13(3-5-15)16-8-14-10-22-23-18(14)9-20(16)30-12-21(25)26/h8-10,13,15,17,19,24H,2-7,11-12H2,1H3,(H,22,23)/t13?,15?,17-,19?/m0/s1. The molecule has 31 heavy (non-hydrogen) atoms. The van der Waals surface area contributed by atoms with Crippen LogP contribution in [0.4, 0.5) is 0 Å². The first-order valence-electron chi connectivity index (χ1n) is 10.9. The van der Waals surface area contributed by atoms with Crippen LogP contribution in [0.2, 0.25) is 0 Å². The first-order chi connectivity index (χ1) is 14.9. The fraction of sp³-hybridized carbons (Fsp3) is 0.619. The van der Waals surface area contributed by atoms with E-state index in [9.17, 15) is 13.2 Å². The van der Waals surface area contributed by atoms with Gasteiger partial charge in [-0.05, 0) is 49.7 Å². The SMILES string of the molecule is CS(=O)(=O)N[C@H]1CCN2C(=O)COc3cc4[nH]ncc4cc3C3CCC(CC3)OCC12. The number of fused-ring (bicyclic) bond motifs is 6. The van der Waals surface area contributed by atoms with Gasteiger partial charge in [0, 0.05) is 24.0 Å². The van der Waals surface area contributed by atoms with Gasteiger partial charge in [0.25, 0.3) is 5.91 Å². The molecule has 3 aliphatic heterocycles. The summed E-state index contributed by atoms with van der Waals surface area (Å²) >= 11 is 0. The normalized spacial score (nSPS) is 29.6. The molecule has 6 rings (SSSR count). The monoisotopic (exact) mass is 448 g/mol. The molecule has 1 saturated heterocycles. The van der Waals surface area contributed by atoms with Gasteiger partial charge >= 0.3 is 0 Å². The third-order valence-corrected chi connectivity index (χ3v) is 7.50. The van der Waals surface area contributed by atoms with E-state index >= 15 is 0 Å². The number of carbonyl (C=O) groups is 1. The average Bonchev–Trinajstić information content (AvgIpc) is 3.35. The highest BCUT2D eigenvalue weighted by molar-refractivity contribution is 7.88. The van der Waals surface area contributed by atoms with Crippen LogP contribution in [0.3, 0.4) is 0 Å². The smallest absolute Gasteiger partial charge is 0.260 e. The molecule has 1 amide bonds. The van der Waals surface area contributed by atoms with Gasteiger partial charge in [-0.2, -0.15) is 5.10 Å². The lowest BCUT2D eigenvalue weighted by molar-refractivity contribution is -0.136. The first-order valence-corrected chi connectivity index (χ1v) is 12.7. The summed E-state index contributed by atoms with van der Waals surface area (Å²) in [5, 5.41) is 8.13. The number of H-pyrrole nitrogens is 1. The number of aromatic nitrogens is 2. The van der Waals surface area contributed by atoms with Gasteiger partial charge in [-0.3, -0.25) is 9.89 Å². The molecule has 1 aliphatic carbocycles. The summed E-state index contributed by atoms with van der Waals surface area (Å²) in [5.74, 6) is 0.911. The Kier molecular flexibility index (Phi) is 5.39. The predicted molar refractivity (Wildman–Crippen MR) is 114 cm³/mol. The van der Waals surface area contributed by atoms with E-state index in [-0.39, 0.29) is 30.7 Å². The van der Waals surface area contributed by atoms with Crippen molar-refractivity contribution in [3.05, 3.63) is 23.9 Å². The van der Waals surface area contributed by atoms with Crippen molar-refractivity contribution in [2.75, 3.05) is 26.0 Å². The van der Waals surface area contributed by atoms with Crippen molar-refractivity contribution in [3.63, 3.8) is 0 Å². The number of hydrogen-bond donors (Lipinski definition) is 2. The Bertz CT molecular complexity index is 1080. The molecule has 10 heteroatoms. The number of carbonyl (C=O) groups excluding carboxylic acids is 1. The Morgan fingerprint density at radius 2 is 2.00 bits per heavy atom. The van der Waals surface area contributed by atoms with Crippen molar-refractivity contribution in [2.45, 2.75) is 56.2 Å². The molecule has 1 aromatic heterocycles. The van der Waals surface area contributed by atoms with E-state index in [0.29, 0.717) is 25.5 Å². The van der Waals surface area contributed by atoms with Gasteiger partial charge in [0.1, 0.15) is 5.75 Å². The highest BCUT2D eigenvalue weighted by Gasteiger charge is 2.40. The van der Waals surface area contributed by atoms with Crippen molar-refractivity contribution in [1.82, 2.24) is 19.8 Å². The van der Waals surface area contributed by atoms with E-state index in [2.05, 4.69) is 21.0 Å². The minimum absolute atomic E-state index is 0.0924. The van der Waals surface area contributed by atoms with Gasteiger partial charge in [0.2, 0.25) is 10.0 Å². The number of nitrogens with one attached hydrogen (secondary N) is 2. The average molecular weight is 449 g/mol. The topological polar surface area (TPSA) is 114 Å². The van der Waals surface area contributed by atoms with Crippen LogP contribution < -0.4 is 9.46 Å². The minimum Gasteiger partial charge on any atom is -0.483 e. The van der Waals surface area contributed by atoms with E-state index in [1.807, 2.05) is 6.07 Å². The van der Waals surface area contributed by atoms with Gasteiger partial charge in [0.05, 0.1) is 36.7 Å². The van der Waals surface area contributed by atoms with E-state index in [1.165, 1.54) is 0 Å². The van der Waals surface area contributed by atoms with Crippen LogP contribution in [0.1, 0.15) is 43.6 Å². The van der Waals surface area contributed by atoms with Crippen molar-refractivity contribution in [1.29, 1.82) is 0 Å². The van der Waals surface area contributed by atoms with Gasteiger partial charge in [-0.15, -0.1) is 0 Å². The highest BCUT2D eigenvalue weighted by atomic mass is 32.2. The Morgan fingerprint density at radius 1 is 1.19 bits per heavy atom. The van der Waals surface area contributed by atoms with E-state index < -0.39 is 10.0 Å². The zero-order chi connectivity index (χ0) is 21.6. The van der Waals surface area contributed by atoms with Crippen molar-refractivity contribution in [2.24, 2.45) is 0 Å². The number of amides is 1. The van der Waals surface area contributed by atoms with Gasteiger partial charge < -0.3 is 14.4 Å². The van der Waals surface area contributed by atoms with Crippen LogP contribution in [0.25, 0.3) is 10.9 Å². The second-order valence-corrected chi connectivity index (χ2v) is 10.7. The van der Waals surface area contributed by atoms with Crippen LogP contribution >= 0.6 is 0 Å². The summed E-state index contributed by atoms with van der Waals surface area (Å²) in [7, 11) is -3.38. The third-order valence-electron chi connectivity index (χ3n) is 6.77. The van der Waals surface area contributed by atoms with E-state index in [4.69, 9.17) is 9.47 Å². The molecule has 2 fully saturated rings. The Hall–Kier alpha value is -2.17. The molecule has 2 aromatic rings. The third kappa shape index (κ3) is 4.28. The molecule has 4 heterocycles. The molecule has 9 nitrogen and oxygen atoms in total. The van der Waals surface area contributed by atoms with Crippen molar-refractivity contribution in [3.8, 4) is 5.75 Å². The first kappa shape index (κ1) is 20.7. The fourth-order valence-corrected chi connectivity index (χ4v) is 6.04. The number of aromatic amines is 1. The van der Waals surface area contributed by atoms with Crippen LogP contribution in [0, 0.1) is 0 Å². The molecule has 1 unspecified atom stereocenters. The Balaban J connectivity index is 1.46. The maximum absolute atomic E-state index is 13.1. The number of benzene rings is 1.